The molecular weight excluding hydrogens is 269 g/mol. The minimum absolute atomic E-state index is 0.876. The highest BCUT2D eigenvalue weighted by molar-refractivity contribution is 14.1. The maximum atomic E-state index is 5.74. The summed E-state index contributed by atoms with van der Waals surface area (Å²) in [6, 6.07) is 6.26. The van der Waals surface area contributed by atoms with Crippen LogP contribution in [0.4, 0.5) is 5.69 Å². The molecule has 0 saturated heterocycles. The van der Waals surface area contributed by atoms with Crippen LogP contribution in [0.1, 0.15) is 0 Å². The third-order valence-electron chi connectivity index (χ3n) is 1.57. The Balaban J connectivity index is 2.86. The van der Waals surface area contributed by atoms with E-state index in [1.54, 1.807) is 11.3 Å². The molecule has 0 aliphatic heterocycles. The zero-order valence-electron chi connectivity index (χ0n) is 5.67. The van der Waals surface area contributed by atoms with E-state index in [9.17, 15) is 0 Å². The zero-order valence-corrected chi connectivity index (χ0v) is 8.65. The molecule has 0 fully saturated rings. The fourth-order valence-electron chi connectivity index (χ4n) is 0.997. The molecule has 0 saturated carbocycles. The first kappa shape index (κ1) is 7.36. The Morgan fingerprint density at radius 1 is 1.36 bits per heavy atom. The minimum atomic E-state index is 0.876. The number of benzene rings is 1. The molecular formula is C8H6INS. The van der Waals surface area contributed by atoms with Crippen molar-refractivity contribution in [1.29, 1.82) is 0 Å². The summed E-state index contributed by atoms with van der Waals surface area (Å²) in [6.45, 7) is 0. The lowest BCUT2D eigenvalue weighted by atomic mass is 10.2. The largest absolute Gasteiger partial charge is 0.398 e. The second-order valence-electron chi connectivity index (χ2n) is 2.33. The fraction of sp³-hybridized carbons (Fsp3) is 0. The van der Waals surface area contributed by atoms with Crippen LogP contribution in [-0.4, -0.2) is 0 Å². The topological polar surface area (TPSA) is 26.0 Å². The van der Waals surface area contributed by atoms with Crippen LogP contribution in [0, 0.1) is 3.57 Å². The number of nitrogens with two attached hydrogens (primary N) is 1. The van der Waals surface area contributed by atoms with Crippen LogP contribution in [-0.2, 0) is 0 Å². The Kier molecular flexibility index (Phi) is 1.77. The van der Waals surface area contributed by atoms with Crippen molar-refractivity contribution in [1.82, 2.24) is 0 Å². The number of nitrogen functional groups attached to an aromatic ring is 1. The summed E-state index contributed by atoms with van der Waals surface area (Å²) in [4.78, 5) is 0. The number of hydrogen-bond acceptors (Lipinski definition) is 2. The van der Waals surface area contributed by atoms with E-state index >= 15 is 0 Å². The van der Waals surface area contributed by atoms with Gasteiger partial charge in [0.05, 0.1) is 0 Å². The van der Waals surface area contributed by atoms with Crippen LogP contribution in [0.2, 0.25) is 0 Å². The molecule has 1 aromatic heterocycles. The third kappa shape index (κ3) is 1.22. The molecule has 0 bridgehead atoms. The van der Waals surface area contributed by atoms with E-state index in [0.29, 0.717) is 0 Å². The van der Waals surface area contributed by atoms with Gasteiger partial charge in [-0.2, -0.15) is 0 Å². The smallest absolute Gasteiger partial charge is 0.0464 e. The molecule has 1 heterocycles. The average Bonchev–Trinajstić information content (AvgIpc) is 2.36. The molecule has 1 nitrogen and oxygen atoms in total. The van der Waals surface area contributed by atoms with Gasteiger partial charge < -0.3 is 5.73 Å². The Morgan fingerprint density at radius 2 is 2.18 bits per heavy atom. The number of rotatable bonds is 0. The van der Waals surface area contributed by atoms with Gasteiger partial charge in [0.15, 0.2) is 0 Å². The predicted octanol–water partition coefficient (Wildman–Crippen LogP) is 3.09. The molecule has 2 aromatic rings. The van der Waals surface area contributed by atoms with Crippen molar-refractivity contribution < 1.29 is 0 Å². The zero-order chi connectivity index (χ0) is 7.84. The second-order valence-corrected chi connectivity index (χ2v) is 4.44. The van der Waals surface area contributed by atoms with Crippen LogP contribution in [0.15, 0.2) is 23.6 Å². The van der Waals surface area contributed by atoms with Crippen molar-refractivity contribution in [3.05, 3.63) is 27.1 Å². The molecule has 0 amide bonds. The fourth-order valence-corrected chi connectivity index (χ4v) is 2.31. The van der Waals surface area contributed by atoms with Crippen LogP contribution in [0.5, 0.6) is 0 Å². The first-order valence-corrected chi connectivity index (χ1v) is 5.15. The highest BCUT2D eigenvalue weighted by Gasteiger charge is 1.98. The molecule has 3 heteroatoms. The van der Waals surface area contributed by atoms with E-state index < -0.39 is 0 Å². The van der Waals surface area contributed by atoms with Crippen LogP contribution >= 0.6 is 33.9 Å². The number of fused-ring (bicyclic) bond motifs is 1. The molecule has 0 aliphatic carbocycles. The maximum absolute atomic E-state index is 5.74. The van der Waals surface area contributed by atoms with Gasteiger partial charge in [0.1, 0.15) is 0 Å². The van der Waals surface area contributed by atoms with Gasteiger partial charge in [0, 0.05) is 14.0 Å². The van der Waals surface area contributed by atoms with Gasteiger partial charge in [-0.25, -0.2) is 0 Å². The molecule has 0 aliphatic rings. The Bertz CT molecular complexity index is 358. The summed E-state index contributed by atoms with van der Waals surface area (Å²) in [5.41, 5.74) is 6.62. The van der Waals surface area contributed by atoms with Crippen molar-refractivity contribution in [2.24, 2.45) is 0 Å². The highest BCUT2D eigenvalue weighted by atomic mass is 127. The molecule has 2 N–H and O–H groups in total. The van der Waals surface area contributed by atoms with Crippen molar-refractivity contribution in [3.63, 3.8) is 0 Å². The normalized spacial score (nSPS) is 10.6. The summed E-state index contributed by atoms with van der Waals surface area (Å²) in [5, 5.41) is 3.37. The van der Waals surface area contributed by atoms with Crippen LogP contribution < -0.4 is 5.73 Å². The Hall–Kier alpha value is -0.290. The van der Waals surface area contributed by atoms with E-state index in [0.717, 1.165) is 9.26 Å². The van der Waals surface area contributed by atoms with Crippen LogP contribution in [0.3, 0.4) is 0 Å². The Labute approximate surface area is 82.4 Å². The summed E-state index contributed by atoms with van der Waals surface area (Å²) in [6.07, 6.45) is 0. The van der Waals surface area contributed by atoms with Gasteiger partial charge in [0.25, 0.3) is 0 Å². The maximum Gasteiger partial charge on any atom is 0.0464 e. The van der Waals surface area contributed by atoms with Crippen molar-refractivity contribution >= 4 is 49.7 Å². The SMILES string of the molecule is Nc1cc2sccc2cc1I. The molecule has 2 rings (SSSR count). The number of anilines is 1. The summed E-state index contributed by atoms with van der Waals surface area (Å²) in [7, 11) is 0. The molecule has 0 spiro atoms. The summed E-state index contributed by atoms with van der Waals surface area (Å²) < 4.78 is 2.40. The van der Waals surface area contributed by atoms with Crippen molar-refractivity contribution in [2.75, 3.05) is 5.73 Å². The number of thiophene rings is 1. The lowest BCUT2D eigenvalue weighted by molar-refractivity contribution is 1.72. The number of hydrogen-bond donors (Lipinski definition) is 1. The van der Waals surface area contributed by atoms with Crippen LogP contribution in [0.25, 0.3) is 10.1 Å². The average molecular weight is 275 g/mol. The highest BCUT2D eigenvalue weighted by Crippen LogP contribution is 2.26. The molecule has 0 atom stereocenters. The first-order valence-electron chi connectivity index (χ1n) is 3.19. The van der Waals surface area contributed by atoms with E-state index in [2.05, 4.69) is 40.1 Å². The van der Waals surface area contributed by atoms with Crippen molar-refractivity contribution in [3.8, 4) is 0 Å². The third-order valence-corrected chi connectivity index (χ3v) is 3.39. The molecule has 56 valence electrons. The van der Waals surface area contributed by atoms with E-state index in [1.165, 1.54) is 10.1 Å². The lowest BCUT2D eigenvalue weighted by Crippen LogP contribution is -1.86. The first-order chi connectivity index (χ1) is 5.27. The monoisotopic (exact) mass is 275 g/mol. The summed E-state index contributed by atoms with van der Waals surface area (Å²) in [5.74, 6) is 0. The van der Waals surface area contributed by atoms with Gasteiger partial charge in [-0.3, -0.25) is 0 Å². The molecule has 1 aromatic carbocycles. The number of halogens is 1. The van der Waals surface area contributed by atoms with E-state index in [1.807, 2.05) is 6.07 Å². The Morgan fingerprint density at radius 3 is 3.00 bits per heavy atom. The lowest BCUT2D eigenvalue weighted by Gasteiger charge is -1.96. The van der Waals surface area contributed by atoms with Gasteiger partial charge in [-0.15, -0.1) is 11.3 Å². The van der Waals surface area contributed by atoms with Gasteiger partial charge in [-0.05, 0) is 51.6 Å². The van der Waals surface area contributed by atoms with E-state index in [-0.39, 0.29) is 0 Å². The van der Waals surface area contributed by atoms with Gasteiger partial charge >= 0.3 is 0 Å². The molecule has 0 radical (unpaired) electrons. The van der Waals surface area contributed by atoms with Crippen molar-refractivity contribution in [2.45, 2.75) is 0 Å². The van der Waals surface area contributed by atoms with E-state index in [4.69, 9.17) is 5.73 Å². The second kappa shape index (κ2) is 2.64. The van der Waals surface area contributed by atoms with Gasteiger partial charge in [0.2, 0.25) is 0 Å². The summed E-state index contributed by atoms with van der Waals surface area (Å²) >= 11 is 3.98. The quantitative estimate of drug-likeness (QED) is 0.580. The standard InChI is InChI=1S/C8H6INS/c9-6-3-5-1-2-11-8(5)4-7(6)10/h1-4H,10H2. The minimum Gasteiger partial charge on any atom is -0.398 e. The molecule has 11 heavy (non-hydrogen) atoms. The predicted molar refractivity (Wildman–Crippen MR) is 59.0 cm³/mol. The van der Waals surface area contributed by atoms with Gasteiger partial charge in [-0.1, -0.05) is 0 Å². The molecule has 0 unspecified atom stereocenters.